The van der Waals surface area contributed by atoms with Crippen molar-refractivity contribution in [2.75, 3.05) is 0 Å². The Hall–Kier alpha value is -0.720. The fourth-order valence-corrected chi connectivity index (χ4v) is 0.547. The molecule has 0 aromatic heterocycles. The maximum Gasteiger partial charge on any atom is 0.0922 e. The van der Waals surface area contributed by atoms with Crippen LogP contribution in [0.1, 0.15) is 26.7 Å². The van der Waals surface area contributed by atoms with Gasteiger partial charge in [-0.05, 0) is 19.4 Å². The molecule has 0 saturated heterocycles. The molecule has 0 aliphatic heterocycles. The summed E-state index contributed by atoms with van der Waals surface area (Å²) >= 11 is 0. The van der Waals surface area contributed by atoms with E-state index in [0.717, 1.165) is 12.8 Å². The average molecular weight is 126 g/mol. The smallest absolute Gasteiger partial charge is 0.0922 e. The maximum atomic E-state index is 8.99. The van der Waals surface area contributed by atoms with Gasteiger partial charge >= 0.3 is 0 Å². The predicted octanol–water partition coefficient (Wildman–Crippen LogP) is 2.80. The van der Waals surface area contributed by atoms with Crippen LogP contribution < -0.4 is 0 Å². The van der Waals surface area contributed by atoms with E-state index in [2.05, 4.69) is 0 Å². The van der Waals surface area contributed by atoms with Gasteiger partial charge < -0.3 is 5.11 Å². The molecule has 0 bridgehead atoms. The van der Waals surface area contributed by atoms with Gasteiger partial charge in [-0.2, -0.15) is 0 Å². The molecule has 52 valence electrons. The molecular formula is C8H14O. The third kappa shape index (κ3) is 5.15. The van der Waals surface area contributed by atoms with Crippen LogP contribution in [0.2, 0.25) is 0 Å². The summed E-state index contributed by atoms with van der Waals surface area (Å²) in [5.41, 5.74) is 0. The van der Waals surface area contributed by atoms with E-state index in [1.807, 2.05) is 26.0 Å². The van der Waals surface area contributed by atoms with Gasteiger partial charge in [0.2, 0.25) is 0 Å². The van der Waals surface area contributed by atoms with E-state index in [1.54, 1.807) is 6.08 Å². The highest BCUT2D eigenvalue weighted by molar-refractivity contribution is 5.05. The Bertz CT molecular complexity index is 112. The fraction of sp³-hybridized carbons (Fsp3) is 0.500. The minimum Gasteiger partial charge on any atom is -0.512 e. The van der Waals surface area contributed by atoms with Crippen LogP contribution in [0.15, 0.2) is 24.0 Å². The molecule has 0 saturated carbocycles. The molecule has 0 aliphatic carbocycles. The second-order valence-corrected chi connectivity index (χ2v) is 1.93. The van der Waals surface area contributed by atoms with E-state index in [4.69, 9.17) is 5.11 Å². The van der Waals surface area contributed by atoms with Crippen LogP contribution in [0.3, 0.4) is 0 Å². The molecule has 0 heterocycles. The summed E-state index contributed by atoms with van der Waals surface area (Å²) in [5, 5.41) is 8.99. The third-order valence-electron chi connectivity index (χ3n) is 0.987. The van der Waals surface area contributed by atoms with Crippen molar-refractivity contribution in [1.29, 1.82) is 0 Å². The number of hydrogen-bond donors (Lipinski definition) is 1. The monoisotopic (exact) mass is 126 g/mol. The Labute approximate surface area is 56.7 Å². The normalized spacial score (nSPS) is 12.9. The molecule has 1 heteroatoms. The van der Waals surface area contributed by atoms with E-state index in [9.17, 15) is 0 Å². The number of aliphatic hydroxyl groups is 1. The minimum absolute atomic E-state index is 0.468. The van der Waals surface area contributed by atoms with Gasteiger partial charge in [-0.1, -0.05) is 19.1 Å². The van der Waals surface area contributed by atoms with Gasteiger partial charge in [0, 0.05) is 6.42 Å². The number of hydrogen-bond acceptors (Lipinski definition) is 1. The van der Waals surface area contributed by atoms with Crippen LogP contribution in [0.25, 0.3) is 0 Å². The summed E-state index contributed by atoms with van der Waals surface area (Å²) in [6, 6.07) is 0. The lowest BCUT2D eigenvalue weighted by Gasteiger charge is -1.91. The molecule has 0 aromatic carbocycles. The van der Waals surface area contributed by atoms with Crippen molar-refractivity contribution in [1.82, 2.24) is 0 Å². The van der Waals surface area contributed by atoms with Crippen LogP contribution >= 0.6 is 0 Å². The van der Waals surface area contributed by atoms with Crippen molar-refractivity contribution in [3.63, 3.8) is 0 Å². The van der Waals surface area contributed by atoms with Gasteiger partial charge in [-0.15, -0.1) is 0 Å². The standard InChI is InChI=1S/C8H14O/c1-3-5-7-8(9)6-4-2/h3,5,7,9H,4,6H2,1-2H3/b5-3-,8-7?. The Morgan fingerprint density at radius 2 is 2.22 bits per heavy atom. The maximum absolute atomic E-state index is 8.99. The molecule has 0 radical (unpaired) electrons. The first-order valence-corrected chi connectivity index (χ1v) is 3.32. The molecule has 0 rings (SSSR count). The second-order valence-electron chi connectivity index (χ2n) is 1.93. The van der Waals surface area contributed by atoms with Crippen LogP contribution in [-0.4, -0.2) is 5.11 Å². The number of aliphatic hydroxyl groups excluding tert-OH is 1. The van der Waals surface area contributed by atoms with Crippen LogP contribution in [0.4, 0.5) is 0 Å². The lowest BCUT2D eigenvalue weighted by Crippen LogP contribution is -1.76. The largest absolute Gasteiger partial charge is 0.512 e. The van der Waals surface area contributed by atoms with Crippen molar-refractivity contribution >= 4 is 0 Å². The first-order valence-electron chi connectivity index (χ1n) is 3.32. The second kappa shape index (κ2) is 5.42. The van der Waals surface area contributed by atoms with Crippen molar-refractivity contribution < 1.29 is 5.11 Å². The molecule has 0 spiro atoms. The van der Waals surface area contributed by atoms with Gasteiger partial charge in [0.1, 0.15) is 0 Å². The zero-order chi connectivity index (χ0) is 7.11. The van der Waals surface area contributed by atoms with E-state index in [0.29, 0.717) is 5.76 Å². The van der Waals surface area contributed by atoms with Crippen molar-refractivity contribution in [3.8, 4) is 0 Å². The summed E-state index contributed by atoms with van der Waals surface area (Å²) in [4.78, 5) is 0. The zero-order valence-electron chi connectivity index (χ0n) is 6.09. The van der Waals surface area contributed by atoms with E-state index < -0.39 is 0 Å². The summed E-state index contributed by atoms with van der Waals surface area (Å²) in [6.45, 7) is 3.97. The highest BCUT2D eigenvalue weighted by atomic mass is 16.3. The molecule has 0 aromatic rings. The Morgan fingerprint density at radius 1 is 1.56 bits per heavy atom. The molecule has 9 heavy (non-hydrogen) atoms. The Kier molecular flexibility index (Phi) is 4.98. The van der Waals surface area contributed by atoms with Gasteiger partial charge in [0.15, 0.2) is 0 Å². The van der Waals surface area contributed by atoms with Crippen LogP contribution in [0, 0.1) is 0 Å². The van der Waals surface area contributed by atoms with E-state index in [-0.39, 0.29) is 0 Å². The highest BCUT2D eigenvalue weighted by Crippen LogP contribution is 1.98. The van der Waals surface area contributed by atoms with Crippen molar-refractivity contribution in [2.45, 2.75) is 26.7 Å². The van der Waals surface area contributed by atoms with E-state index in [1.165, 1.54) is 0 Å². The summed E-state index contributed by atoms with van der Waals surface area (Å²) < 4.78 is 0. The SMILES string of the molecule is C/C=C\C=C(O)CCC. The minimum atomic E-state index is 0.468. The first kappa shape index (κ1) is 8.28. The van der Waals surface area contributed by atoms with Gasteiger partial charge in [-0.25, -0.2) is 0 Å². The topological polar surface area (TPSA) is 20.2 Å². The summed E-state index contributed by atoms with van der Waals surface area (Å²) in [6.07, 6.45) is 7.24. The summed E-state index contributed by atoms with van der Waals surface area (Å²) in [7, 11) is 0. The summed E-state index contributed by atoms with van der Waals surface area (Å²) in [5.74, 6) is 0.468. The highest BCUT2D eigenvalue weighted by Gasteiger charge is 1.84. The lowest BCUT2D eigenvalue weighted by molar-refractivity contribution is 0.387. The molecule has 1 nitrogen and oxygen atoms in total. The molecule has 0 unspecified atom stereocenters. The average Bonchev–Trinajstić information content (AvgIpc) is 1.85. The zero-order valence-corrected chi connectivity index (χ0v) is 6.09. The lowest BCUT2D eigenvalue weighted by atomic mass is 10.3. The van der Waals surface area contributed by atoms with Gasteiger partial charge in [0.25, 0.3) is 0 Å². The predicted molar refractivity (Wildman–Crippen MR) is 40.4 cm³/mol. The number of allylic oxidation sites excluding steroid dienone is 4. The first-order chi connectivity index (χ1) is 4.31. The molecule has 0 aliphatic rings. The van der Waals surface area contributed by atoms with Crippen molar-refractivity contribution in [2.24, 2.45) is 0 Å². The van der Waals surface area contributed by atoms with Crippen LogP contribution in [-0.2, 0) is 0 Å². The Balaban J connectivity index is 3.55. The molecule has 1 N–H and O–H groups in total. The number of rotatable bonds is 3. The van der Waals surface area contributed by atoms with Gasteiger partial charge in [-0.3, -0.25) is 0 Å². The van der Waals surface area contributed by atoms with Crippen molar-refractivity contribution in [3.05, 3.63) is 24.0 Å². The van der Waals surface area contributed by atoms with E-state index >= 15 is 0 Å². The molecule has 0 atom stereocenters. The molecule has 0 amide bonds. The fourth-order valence-electron chi connectivity index (χ4n) is 0.547. The Morgan fingerprint density at radius 3 is 2.67 bits per heavy atom. The van der Waals surface area contributed by atoms with Gasteiger partial charge in [0.05, 0.1) is 5.76 Å². The molecule has 0 fully saturated rings. The quantitative estimate of drug-likeness (QED) is 0.455. The third-order valence-corrected chi connectivity index (χ3v) is 0.987. The molecular weight excluding hydrogens is 112 g/mol. The van der Waals surface area contributed by atoms with Crippen LogP contribution in [0.5, 0.6) is 0 Å².